The number of aromatic nitrogens is 2. The molecule has 0 fully saturated rings. The van der Waals surface area contributed by atoms with Crippen LogP contribution in [0.15, 0.2) is 72.8 Å². The summed E-state index contributed by atoms with van der Waals surface area (Å²) in [6, 6.07) is 21.0. The zero-order valence-corrected chi connectivity index (χ0v) is 19.6. The first kappa shape index (κ1) is 22.9. The van der Waals surface area contributed by atoms with Crippen molar-refractivity contribution in [2.75, 3.05) is 7.11 Å². The van der Waals surface area contributed by atoms with E-state index in [-0.39, 0.29) is 5.57 Å². The average Bonchev–Trinajstić information content (AvgIpc) is 3.24. The quantitative estimate of drug-likeness (QED) is 0.287. The molecule has 8 heteroatoms. The van der Waals surface area contributed by atoms with E-state index in [2.05, 4.69) is 5.10 Å². The monoisotopic (exact) mass is 498 g/mol. The molecule has 0 atom stereocenters. The molecule has 4 rings (SSSR count). The van der Waals surface area contributed by atoms with Crippen LogP contribution in [0.25, 0.3) is 28.6 Å². The minimum absolute atomic E-state index is 0.0896. The van der Waals surface area contributed by atoms with Crippen molar-refractivity contribution in [3.8, 4) is 22.7 Å². The molecule has 0 aliphatic carbocycles. The second-order valence-corrected chi connectivity index (χ2v) is 8.31. The lowest BCUT2D eigenvalue weighted by Crippen LogP contribution is -2.01. The van der Waals surface area contributed by atoms with Gasteiger partial charge >= 0.3 is 5.97 Å². The van der Waals surface area contributed by atoms with Crippen molar-refractivity contribution in [1.29, 1.82) is 0 Å². The number of nitrogens with zero attached hydrogens (tertiary/aromatic N) is 2. The van der Waals surface area contributed by atoms with Crippen molar-refractivity contribution in [3.05, 3.63) is 99.1 Å². The summed E-state index contributed by atoms with van der Waals surface area (Å²) < 4.78 is 6.96. The van der Waals surface area contributed by atoms with Gasteiger partial charge in [-0.1, -0.05) is 53.0 Å². The van der Waals surface area contributed by atoms with Gasteiger partial charge in [-0.05, 0) is 66.2 Å². The third-order valence-corrected chi connectivity index (χ3v) is 5.93. The maximum Gasteiger partial charge on any atom is 0.336 e. The fraction of sp³-hybridized carbons (Fsp3) is 0.0400. The third kappa shape index (κ3) is 5.06. The summed E-state index contributed by atoms with van der Waals surface area (Å²) in [6.45, 7) is 0. The first-order valence-corrected chi connectivity index (χ1v) is 10.9. The standard InChI is InChI=1S/C25H17Cl3N2O3/c1-33-20-9-7-19(8-10-20)30-24(16-4-11-22(27)23(28)12-16)14-18(29-30)13-21(25(31)32)15-2-5-17(26)6-3-15/h2-14H,1H3,(H,31,32)/b21-13-. The third-order valence-electron chi connectivity index (χ3n) is 4.94. The molecule has 0 spiro atoms. The molecular weight excluding hydrogens is 483 g/mol. The Labute approximate surface area is 205 Å². The Hall–Kier alpha value is -3.25. The predicted octanol–water partition coefficient (Wildman–Crippen LogP) is 7.13. The zero-order chi connectivity index (χ0) is 23.5. The molecule has 0 saturated carbocycles. The van der Waals surface area contributed by atoms with Gasteiger partial charge in [-0.15, -0.1) is 0 Å². The Morgan fingerprint density at radius 2 is 1.64 bits per heavy atom. The Morgan fingerprint density at radius 3 is 2.24 bits per heavy atom. The van der Waals surface area contributed by atoms with Crippen LogP contribution in [0.1, 0.15) is 11.3 Å². The highest BCUT2D eigenvalue weighted by Crippen LogP contribution is 2.32. The molecule has 1 heterocycles. The fourth-order valence-electron chi connectivity index (χ4n) is 3.30. The van der Waals surface area contributed by atoms with Crippen molar-refractivity contribution in [3.63, 3.8) is 0 Å². The Morgan fingerprint density at radius 1 is 0.939 bits per heavy atom. The second kappa shape index (κ2) is 9.71. The van der Waals surface area contributed by atoms with Crippen LogP contribution in [-0.4, -0.2) is 28.0 Å². The Kier molecular flexibility index (Phi) is 6.75. The highest BCUT2D eigenvalue weighted by molar-refractivity contribution is 6.42. The summed E-state index contributed by atoms with van der Waals surface area (Å²) in [5, 5.41) is 15.8. The summed E-state index contributed by atoms with van der Waals surface area (Å²) in [5.74, 6) is -0.370. The molecular formula is C25H17Cl3N2O3. The largest absolute Gasteiger partial charge is 0.497 e. The smallest absolute Gasteiger partial charge is 0.336 e. The molecule has 0 radical (unpaired) electrons. The van der Waals surface area contributed by atoms with Gasteiger partial charge in [0.05, 0.1) is 39.8 Å². The summed E-state index contributed by atoms with van der Waals surface area (Å²) >= 11 is 18.3. The van der Waals surface area contributed by atoms with E-state index in [4.69, 9.17) is 39.5 Å². The lowest BCUT2D eigenvalue weighted by atomic mass is 10.0. The fourth-order valence-corrected chi connectivity index (χ4v) is 3.72. The molecule has 1 aromatic heterocycles. The molecule has 0 saturated heterocycles. The molecule has 166 valence electrons. The molecule has 0 aliphatic heterocycles. The number of halogens is 3. The molecule has 4 aromatic rings. The molecule has 0 aliphatic rings. The molecule has 5 nitrogen and oxygen atoms in total. The topological polar surface area (TPSA) is 64.4 Å². The second-order valence-electron chi connectivity index (χ2n) is 7.06. The van der Waals surface area contributed by atoms with Crippen LogP contribution in [0.4, 0.5) is 0 Å². The van der Waals surface area contributed by atoms with Crippen LogP contribution >= 0.6 is 34.8 Å². The van der Waals surface area contributed by atoms with E-state index in [0.29, 0.717) is 37.8 Å². The number of ether oxygens (including phenoxy) is 1. The van der Waals surface area contributed by atoms with Crippen LogP contribution in [0, 0.1) is 0 Å². The SMILES string of the molecule is COc1ccc(-n2nc(/C=C(\C(=O)O)c3ccc(Cl)cc3)cc2-c2ccc(Cl)c(Cl)c2)cc1. The summed E-state index contributed by atoms with van der Waals surface area (Å²) in [5.41, 5.74) is 3.31. The summed E-state index contributed by atoms with van der Waals surface area (Å²) in [6.07, 6.45) is 1.52. The maximum atomic E-state index is 12.0. The van der Waals surface area contributed by atoms with E-state index in [1.54, 1.807) is 54.3 Å². The van der Waals surface area contributed by atoms with Gasteiger partial charge in [-0.3, -0.25) is 0 Å². The highest BCUT2D eigenvalue weighted by atomic mass is 35.5. The van der Waals surface area contributed by atoms with E-state index in [1.165, 1.54) is 6.08 Å². The van der Waals surface area contributed by atoms with E-state index >= 15 is 0 Å². The number of hydrogen-bond donors (Lipinski definition) is 1. The van der Waals surface area contributed by atoms with E-state index in [1.807, 2.05) is 30.3 Å². The number of rotatable bonds is 6. The minimum atomic E-state index is -1.08. The highest BCUT2D eigenvalue weighted by Gasteiger charge is 2.16. The van der Waals surface area contributed by atoms with Crippen molar-refractivity contribution < 1.29 is 14.6 Å². The Bertz CT molecular complexity index is 1340. The summed E-state index contributed by atoms with van der Waals surface area (Å²) in [4.78, 5) is 12.0. The number of aliphatic carboxylic acids is 1. The van der Waals surface area contributed by atoms with Crippen molar-refractivity contribution in [2.24, 2.45) is 0 Å². The number of carboxylic acid groups (broad SMARTS) is 1. The number of carboxylic acids is 1. The first-order valence-electron chi connectivity index (χ1n) is 9.76. The van der Waals surface area contributed by atoms with Crippen LogP contribution < -0.4 is 4.74 Å². The summed E-state index contributed by atoms with van der Waals surface area (Å²) in [7, 11) is 1.59. The van der Waals surface area contributed by atoms with Gasteiger partial charge in [-0.25, -0.2) is 9.48 Å². The molecule has 3 aromatic carbocycles. The van der Waals surface area contributed by atoms with Gasteiger partial charge < -0.3 is 9.84 Å². The van der Waals surface area contributed by atoms with Crippen LogP contribution in [0.3, 0.4) is 0 Å². The predicted molar refractivity (Wildman–Crippen MR) is 133 cm³/mol. The van der Waals surface area contributed by atoms with Crippen molar-refractivity contribution >= 4 is 52.4 Å². The molecule has 0 amide bonds. The maximum absolute atomic E-state index is 12.0. The number of carbonyl (C=O) groups is 1. The lowest BCUT2D eigenvalue weighted by Gasteiger charge is -2.09. The van der Waals surface area contributed by atoms with Gasteiger partial charge in [0.15, 0.2) is 0 Å². The molecule has 1 N–H and O–H groups in total. The van der Waals surface area contributed by atoms with E-state index < -0.39 is 5.97 Å². The Balaban J connectivity index is 1.87. The molecule has 0 unspecified atom stereocenters. The average molecular weight is 500 g/mol. The van der Waals surface area contributed by atoms with Crippen LogP contribution in [-0.2, 0) is 4.79 Å². The van der Waals surface area contributed by atoms with E-state index in [0.717, 1.165) is 11.3 Å². The van der Waals surface area contributed by atoms with Gasteiger partial charge in [0, 0.05) is 10.6 Å². The van der Waals surface area contributed by atoms with Crippen molar-refractivity contribution in [1.82, 2.24) is 9.78 Å². The van der Waals surface area contributed by atoms with Crippen molar-refractivity contribution in [2.45, 2.75) is 0 Å². The lowest BCUT2D eigenvalue weighted by molar-refractivity contribution is -0.130. The van der Waals surface area contributed by atoms with Gasteiger partial charge in [0.1, 0.15) is 5.75 Å². The van der Waals surface area contributed by atoms with Crippen LogP contribution in [0.2, 0.25) is 15.1 Å². The molecule has 33 heavy (non-hydrogen) atoms. The normalized spacial score (nSPS) is 11.5. The zero-order valence-electron chi connectivity index (χ0n) is 17.3. The molecule has 0 bridgehead atoms. The van der Waals surface area contributed by atoms with Gasteiger partial charge in [-0.2, -0.15) is 5.10 Å². The minimum Gasteiger partial charge on any atom is -0.497 e. The number of hydrogen-bond acceptors (Lipinski definition) is 3. The number of methoxy groups -OCH3 is 1. The van der Waals surface area contributed by atoms with E-state index in [9.17, 15) is 9.90 Å². The number of benzene rings is 3. The van der Waals surface area contributed by atoms with Gasteiger partial charge in [0.25, 0.3) is 0 Å². The van der Waals surface area contributed by atoms with Gasteiger partial charge in [0.2, 0.25) is 0 Å². The first-order chi connectivity index (χ1) is 15.9. The van der Waals surface area contributed by atoms with Crippen LogP contribution in [0.5, 0.6) is 5.75 Å².